The Morgan fingerprint density at radius 3 is 2.55 bits per heavy atom. The molecule has 2 aromatic rings. The van der Waals surface area contributed by atoms with Crippen LogP contribution in [0.5, 0.6) is 0 Å². The first-order chi connectivity index (χ1) is 10.5. The fourth-order valence-electron chi connectivity index (χ4n) is 2.24. The molecule has 0 amide bonds. The average molecular weight is 303 g/mol. The third kappa shape index (κ3) is 3.08. The molecular formula is C16H17NO5. The monoisotopic (exact) mass is 303 g/mol. The molecule has 1 atom stereocenters. The molecule has 6 nitrogen and oxygen atoms in total. The van der Waals surface area contributed by atoms with Crippen LogP contribution in [-0.4, -0.2) is 46.9 Å². The van der Waals surface area contributed by atoms with Crippen LogP contribution in [0, 0.1) is 6.92 Å². The summed E-state index contributed by atoms with van der Waals surface area (Å²) in [4.78, 5) is 28.5. The van der Waals surface area contributed by atoms with Gasteiger partial charge in [-0.2, -0.15) is 0 Å². The van der Waals surface area contributed by atoms with Gasteiger partial charge in [0.25, 0.3) is 0 Å². The summed E-state index contributed by atoms with van der Waals surface area (Å²) in [5.74, 6) is -1.93. The Kier molecular flexibility index (Phi) is 4.75. The highest BCUT2D eigenvalue weighted by Gasteiger charge is 2.26. The highest BCUT2D eigenvalue weighted by Crippen LogP contribution is 2.23. The van der Waals surface area contributed by atoms with E-state index < -0.39 is 24.6 Å². The van der Waals surface area contributed by atoms with Crippen molar-refractivity contribution in [2.45, 2.75) is 13.0 Å². The number of carbonyl (C=O) groups excluding carboxylic acids is 1. The van der Waals surface area contributed by atoms with Gasteiger partial charge in [0.05, 0.1) is 12.2 Å². The lowest BCUT2D eigenvalue weighted by Crippen LogP contribution is -2.42. The normalized spacial score (nSPS) is 12.4. The molecule has 0 aliphatic heterocycles. The number of hydroxylamine groups is 2. The van der Waals surface area contributed by atoms with Crippen molar-refractivity contribution >= 4 is 22.7 Å². The van der Waals surface area contributed by atoms with E-state index in [0.29, 0.717) is 5.56 Å². The second-order valence-electron chi connectivity index (χ2n) is 4.94. The number of aliphatic hydroxyl groups excluding tert-OH is 1. The molecule has 116 valence electrons. The van der Waals surface area contributed by atoms with Gasteiger partial charge >= 0.3 is 11.9 Å². The Bertz CT molecular complexity index is 713. The van der Waals surface area contributed by atoms with E-state index in [-0.39, 0.29) is 0 Å². The molecule has 0 bridgehead atoms. The van der Waals surface area contributed by atoms with Crippen LogP contribution < -0.4 is 0 Å². The van der Waals surface area contributed by atoms with Crippen molar-refractivity contribution in [3.05, 3.63) is 47.5 Å². The lowest BCUT2D eigenvalue weighted by atomic mass is 10.00. The van der Waals surface area contributed by atoms with E-state index in [1.165, 1.54) is 7.05 Å². The van der Waals surface area contributed by atoms with E-state index in [1.807, 2.05) is 24.3 Å². The number of nitrogens with zero attached hydrogens (tertiary/aromatic N) is 1. The number of aliphatic carboxylic acids is 1. The average Bonchev–Trinajstić information content (AvgIpc) is 2.47. The van der Waals surface area contributed by atoms with Crippen LogP contribution in [0.15, 0.2) is 36.4 Å². The number of aliphatic hydroxyl groups is 1. The first-order valence-corrected chi connectivity index (χ1v) is 6.73. The summed E-state index contributed by atoms with van der Waals surface area (Å²) >= 11 is 0. The van der Waals surface area contributed by atoms with Crippen molar-refractivity contribution in [2.75, 3.05) is 13.7 Å². The first-order valence-electron chi connectivity index (χ1n) is 6.73. The van der Waals surface area contributed by atoms with Gasteiger partial charge in [-0.15, -0.1) is 5.06 Å². The standard InChI is InChI=1S/C16H17NO5/c1-10-7-8-11-5-3-4-6-12(11)14(10)16(21)22-17(2)13(9-18)15(19)20/h3-8,13,18H,9H2,1-2H3,(H,19,20)/t13-/m0/s1. The Morgan fingerprint density at radius 1 is 1.23 bits per heavy atom. The number of carbonyl (C=O) groups is 2. The van der Waals surface area contributed by atoms with Gasteiger partial charge in [-0.1, -0.05) is 36.4 Å². The summed E-state index contributed by atoms with van der Waals surface area (Å²) in [5.41, 5.74) is 1.11. The molecule has 22 heavy (non-hydrogen) atoms. The van der Waals surface area contributed by atoms with E-state index in [0.717, 1.165) is 21.4 Å². The zero-order valence-corrected chi connectivity index (χ0v) is 12.3. The number of fused-ring (bicyclic) bond motifs is 1. The van der Waals surface area contributed by atoms with Crippen LogP contribution in [-0.2, 0) is 9.63 Å². The Hall–Kier alpha value is -2.44. The third-order valence-electron chi connectivity index (χ3n) is 3.47. The molecule has 2 aromatic carbocycles. The number of hydrogen-bond donors (Lipinski definition) is 2. The molecule has 0 saturated carbocycles. The molecule has 6 heteroatoms. The predicted octanol–water partition coefficient (Wildman–Crippen LogP) is 1.60. The molecule has 0 aliphatic carbocycles. The van der Waals surface area contributed by atoms with Crippen molar-refractivity contribution in [2.24, 2.45) is 0 Å². The summed E-state index contributed by atoms with van der Waals surface area (Å²) in [5, 5.41) is 20.5. The number of likely N-dealkylation sites (N-methyl/N-ethyl adjacent to an activating group) is 1. The number of carboxylic acids is 1. The molecule has 2 rings (SSSR count). The van der Waals surface area contributed by atoms with E-state index >= 15 is 0 Å². The molecule has 0 spiro atoms. The summed E-state index contributed by atoms with van der Waals surface area (Å²) in [6.45, 7) is 1.12. The minimum absolute atomic E-state index is 0.382. The van der Waals surface area contributed by atoms with E-state index in [1.54, 1.807) is 19.1 Å². The third-order valence-corrected chi connectivity index (χ3v) is 3.47. The fraction of sp³-hybridized carbons (Fsp3) is 0.250. The quantitative estimate of drug-likeness (QED) is 0.816. The Morgan fingerprint density at radius 2 is 1.91 bits per heavy atom. The highest BCUT2D eigenvalue weighted by atomic mass is 16.7. The molecule has 0 radical (unpaired) electrons. The van der Waals surface area contributed by atoms with Gasteiger partial charge in [0.1, 0.15) is 0 Å². The Labute approximate surface area is 127 Å². The van der Waals surface area contributed by atoms with Gasteiger partial charge in [0.15, 0.2) is 6.04 Å². The molecule has 0 heterocycles. The lowest BCUT2D eigenvalue weighted by Gasteiger charge is -2.22. The molecule has 0 saturated heterocycles. The van der Waals surface area contributed by atoms with E-state index in [4.69, 9.17) is 15.1 Å². The largest absolute Gasteiger partial charge is 0.480 e. The second kappa shape index (κ2) is 6.55. The van der Waals surface area contributed by atoms with Gasteiger partial charge in [-0.25, -0.2) is 4.79 Å². The van der Waals surface area contributed by atoms with Crippen molar-refractivity contribution in [3.63, 3.8) is 0 Å². The van der Waals surface area contributed by atoms with Crippen LogP contribution in [0.4, 0.5) is 0 Å². The van der Waals surface area contributed by atoms with Crippen LogP contribution >= 0.6 is 0 Å². The smallest absolute Gasteiger partial charge is 0.357 e. The van der Waals surface area contributed by atoms with Crippen LogP contribution in [0.3, 0.4) is 0 Å². The molecular weight excluding hydrogens is 286 g/mol. The molecule has 0 aromatic heterocycles. The second-order valence-corrected chi connectivity index (χ2v) is 4.94. The van der Waals surface area contributed by atoms with Crippen molar-refractivity contribution in [1.82, 2.24) is 5.06 Å². The summed E-state index contributed by atoms with van der Waals surface area (Å²) in [6.07, 6.45) is 0. The maximum atomic E-state index is 12.4. The first kappa shape index (κ1) is 15.9. The van der Waals surface area contributed by atoms with Gasteiger partial charge < -0.3 is 15.1 Å². The summed E-state index contributed by atoms with van der Waals surface area (Å²) < 4.78 is 0. The topological polar surface area (TPSA) is 87.1 Å². The summed E-state index contributed by atoms with van der Waals surface area (Å²) in [7, 11) is 1.30. The van der Waals surface area contributed by atoms with Gasteiger partial charge in [0.2, 0.25) is 0 Å². The lowest BCUT2D eigenvalue weighted by molar-refractivity contribution is -0.168. The maximum Gasteiger partial charge on any atom is 0.357 e. The number of carboxylic acid groups (broad SMARTS) is 1. The van der Waals surface area contributed by atoms with Crippen molar-refractivity contribution in [1.29, 1.82) is 0 Å². The highest BCUT2D eigenvalue weighted by molar-refractivity contribution is 6.05. The Balaban J connectivity index is 2.34. The van der Waals surface area contributed by atoms with Crippen molar-refractivity contribution in [3.8, 4) is 0 Å². The van der Waals surface area contributed by atoms with E-state index in [9.17, 15) is 9.59 Å². The zero-order chi connectivity index (χ0) is 16.3. The fourth-order valence-corrected chi connectivity index (χ4v) is 2.24. The van der Waals surface area contributed by atoms with Crippen LogP contribution in [0.25, 0.3) is 10.8 Å². The van der Waals surface area contributed by atoms with Crippen LogP contribution in [0.2, 0.25) is 0 Å². The molecule has 0 aliphatic rings. The van der Waals surface area contributed by atoms with Gasteiger partial charge in [0, 0.05) is 7.05 Å². The number of aryl methyl sites for hydroxylation is 1. The number of hydrogen-bond acceptors (Lipinski definition) is 5. The number of benzene rings is 2. The zero-order valence-electron chi connectivity index (χ0n) is 12.3. The molecule has 0 unspecified atom stereocenters. The van der Waals surface area contributed by atoms with Gasteiger partial charge in [-0.3, -0.25) is 4.79 Å². The minimum atomic E-state index is -1.31. The van der Waals surface area contributed by atoms with Gasteiger partial charge in [-0.05, 0) is 23.3 Å². The SMILES string of the molecule is Cc1ccc2ccccc2c1C(=O)ON(C)[C@@H](CO)C(=O)O. The predicted molar refractivity (Wildman–Crippen MR) is 80.4 cm³/mol. The maximum absolute atomic E-state index is 12.4. The van der Waals surface area contributed by atoms with Crippen molar-refractivity contribution < 1.29 is 24.6 Å². The molecule has 2 N–H and O–H groups in total. The van der Waals surface area contributed by atoms with Crippen LogP contribution in [0.1, 0.15) is 15.9 Å². The summed E-state index contributed by atoms with van der Waals surface area (Å²) in [6, 6.07) is 9.77. The van der Waals surface area contributed by atoms with E-state index in [2.05, 4.69) is 0 Å². The number of rotatable bonds is 5. The molecule has 0 fully saturated rings. The minimum Gasteiger partial charge on any atom is -0.480 e.